The fourth-order valence-electron chi connectivity index (χ4n) is 7.90. The fraction of sp³-hybridized carbons (Fsp3) is 0.115. The van der Waals surface area contributed by atoms with Gasteiger partial charge in [0.1, 0.15) is 5.58 Å². The maximum absolute atomic E-state index is 6.44. The van der Waals surface area contributed by atoms with Gasteiger partial charge < -0.3 is 14.0 Å². The Hall–Kier alpha value is -5.91. The Morgan fingerprint density at radius 2 is 1.40 bits per heavy atom. The first kappa shape index (κ1) is 38.9. The molecule has 4 nitrogen and oxygen atoms in total. The van der Waals surface area contributed by atoms with Crippen LogP contribution >= 0.6 is 0 Å². The van der Waals surface area contributed by atoms with Gasteiger partial charge >= 0.3 is 0 Å². The van der Waals surface area contributed by atoms with Crippen molar-refractivity contribution >= 4 is 57.0 Å². The van der Waals surface area contributed by atoms with Crippen molar-refractivity contribution in [2.45, 2.75) is 39.4 Å². The number of benzene rings is 7. The molecule has 10 aromatic rings. The molecular formula is C52H43IrN3OSi-2. The minimum Gasteiger partial charge on any atom is -0.501 e. The third kappa shape index (κ3) is 7.24. The zero-order valence-electron chi connectivity index (χ0n) is 33.2. The number of aromatic nitrogens is 3. The van der Waals surface area contributed by atoms with E-state index in [9.17, 15) is 0 Å². The second-order valence-electron chi connectivity index (χ2n) is 15.8. The molecule has 0 aliphatic heterocycles. The number of hydrogen-bond donors (Lipinski definition) is 0. The van der Waals surface area contributed by atoms with E-state index in [0.29, 0.717) is 5.92 Å². The van der Waals surface area contributed by atoms with Crippen molar-refractivity contribution in [1.29, 1.82) is 0 Å². The second kappa shape index (κ2) is 16.1. The number of hydrogen-bond acceptors (Lipinski definition) is 3. The minimum absolute atomic E-state index is 0. The van der Waals surface area contributed by atoms with Gasteiger partial charge in [-0.05, 0) is 45.9 Å². The van der Waals surface area contributed by atoms with Crippen LogP contribution in [0.2, 0.25) is 19.6 Å². The third-order valence-corrected chi connectivity index (χ3v) is 12.7. The molecule has 0 amide bonds. The number of pyridine rings is 1. The van der Waals surface area contributed by atoms with Crippen LogP contribution in [0.15, 0.2) is 168 Å². The molecule has 58 heavy (non-hydrogen) atoms. The van der Waals surface area contributed by atoms with Crippen LogP contribution in [0.4, 0.5) is 0 Å². The standard InChI is InChI=1S/C35H21N2O.C17H22NSi.Ir/c1-2-11-23(12-3-1)26-22-21-24-13-4-5-14-25(24)33(26)37-31-19-8-7-18-30(31)36-35(37)29-17-10-16-28-27-15-6-9-20-32(27)38-34(28)29;1-13(2)15-11-16(14-9-7-6-8-10-14)18-12-17(15)19(3,4)5;/h1-16,18-22H;6-9,11-13H,1-5H3;/q2*-1;. The van der Waals surface area contributed by atoms with Crippen molar-refractivity contribution in [1.82, 2.24) is 14.5 Å². The van der Waals surface area contributed by atoms with Crippen LogP contribution in [0, 0.1) is 12.1 Å². The topological polar surface area (TPSA) is 43.9 Å². The summed E-state index contributed by atoms with van der Waals surface area (Å²) in [6.07, 6.45) is 2.09. The van der Waals surface area contributed by atoms with Crippen molar-refractivity contribution < 1.29 is 24.5 Å². The predicted octanol–water partition coefficient (Wildman–Crippen LogP) is 13.4. The number of furan rings is 1. The molecule has 0 saturated heterocycles. The predicted molar refractivity (Wildman–Crippen MR) is 241 cm³/mol. The first-order valence-corrected chi connectivity index (χ1v) is 23.1. The van der Waals surface area contributed by atoms with Gasteiger partial charge in [0.2, 0.25) is 0 Å². The van der Waals surface area contributed by atoms with E-state index >= 15 is 0 Å². The molecule has 0 saturated carbocycles. The largest absolute Gasteiger partial charge is 0.501 e. The molecular weight excluding hydrogens is 903 g/mol. The van der Waals surface area contributed by atoms with E-state index in [0.717, 1.165) is 77.8 Å². The van der Waals surface area contributed by atoms with Crippen molar-refractivity contribution in [2.75, 3.05) is 0 Å². The van der Waals surface area contributed by atoms with Crippen LogP contribution in [0.3, 0.4) is 0 Å². The Bertz CT molecular complexity index is 3030. The molecule has 1 radical (unpaired) electrons. The summed E-state index contributed by atoms with van der Waals surface area (Å²) in [5.74, 6) is 1.34. The van der Waals surface area contributed by atoms with Crippen LogP contribution in [0.25, 0.3) is 83.2 Å². The summed E-state index contributed by atoms with van der Waals surface area (Å²) in [4.78, 5) is 9.85. The fourth-order valence-corrected chi connectivity index (χ4v) is 9.58. The Morgan fingerprint density at radius 1 is 0.672 bits per heavy atom. The average Bonchev–Trinajstić information content (AvgIpc) is 3.82. The molecule has 0 fully saturated rings. The average molecular weight is 946 g/mol. The summed E-state index contributed by atoms with van der Waals surface area (Å²) in [6, 6.07) is 61.1. The van der Waals surface area contributed by atoms with Gasteiger partial charge in [-0.1, -0.05) is 153 Å². The normalized spacial score (nSPS) is 11.6. The third-order valence-electron chi connectivity index (χ3n) is 10.7. The van der Waals surface area contributed by atoms with Crippen LogP contribution in [0.5, 0.6) is 0 Å². The molecule has 0 N–H and O–H groups in total. The van der Waals surface area contributed by atoms with E-state index in [2.05, 4.69) is 171 Å². The summed E-state index contributed by atoms with van der Waals surface area (Å²) >= 11 is 0. The second-order valence-corrected chi connectivity index (χ2v) is 20.9. The Balaban J connectivity index is 0.000000200. The van der Waals surface area contributed by atoms with Crippen LogP contribution in [-0.2, 0) is 20.1 Å². The maximum Gasteiger partial charge on any atom is 0.120 e. The molecule has 3 heterocycles. The maximum atomic E-state index is 6.44. The van der Waals surface area contributed by atoms with Crippen molar-refractivity contribution in [3.63, 3.8) is 0 Å². The SMILES string of the molecule is CC(C)c1cc(-c2[c-]cccc2)ncc1[Si](C)(C)C.[Ir].[c-]1ccc2c(oc3ccccc32)c1-c1nc2ccccc2n1-c1c(-c2ccccc2)ccc2ccccc12. The summed E-state index contributed by atoms with van der Waals surface area (Å²) in [6.45, 7) is 11.7. The Kier molecular flexibility index (Phi) is 10.8. The van der Waals surface area contributed by atoms with E-state index in [-0.39, 0.29) is 20.1 Å². The first-order valence-electron chi connectivity index (χ1n) is 19.6. The molecule has 287 valence electrons. The molecule has 0 aliphatic carbocycles. The summed E-state index contributed by atoms with van der Waals surface area (Å²) in [5.41, 5.74) is 11.4. The summed E-state index contributed by atoms with van der Waals surface area (Å²) in [7, 11) is -1.34. The summed E-state index contributed by atoms with van der Waals surface area (Å²) in [5, 5.41) is 5.97. The van der Waals surface area contributed by atoms with Crippen molar-refractivity contribution in [3.8, 4) is 39.5 Å². The molecule has 0 unspecified atom stereocenters. The van der Waals surface area contributed by atoms with E-state index in [4.69, 9.17) is 9.40 Å². The molecule has 7 aromatic carbocycles. The zero-order chi connectivity index (χ0) is 39.1. The number of imidazole rings is 1. The van der Waals surface area contributed by atoms with Crippen LogP contribution < -0.4 is 5.19 Å². The molecule has 0 bridgehead atoms. The quantitative estimate of drug-likeness (QED) is 0.123. The number of nitrogens with zero attached hydrogens (tertiary/aromatic N) is 3. The van der Waals surface area contributed by atoms with Crippen molar-refractivity contribution in [2.24, 2.45) is 0 Å². The summed E-state index contributed by atoms with van der Waals surface area (Å²) < 4.78 is 8.73. The molecule has 0 aliphatic rings. The van der Waals surface area contributed by atoms with Crippen LogP contribution in [0.1, 0.15) is 25.3 Å². The Labute approximate surface area is 354 Å². The van der Waals surface area contributed by atoms with Gasteiger partial charge in [0.15, 0.2) is 0 Å². The number of para-hydroxylation sites is 3. The van der Waals surface area contributed by atoms with Gasteiger partial charge in [-0.25, -0.2) is 0 Å². The van der Waals surface area contributed by atoms with Gasteiger partial charge in [-0.3, -0.25) is 4.98 Å². The molecule has 6 heteroatoms. The van der Waals surface area contributed by atoms with E-state index < -0.39 is 8.07 Å². The molecule has 0 atom stereocenters. The van der Waals surface area contributed by atoms with Gasteiger partial charge in [0.05, 0.1) is 36.2 Å². The van der Waals surface area contributed by atoms with Crippen molar-refractivity contribution in [3.05, 3.63) is 182 Å². The first-order chi connectivity index (χ1) is 27.8. The van der Waals surface area contributed by atoms with E-state index in [1.807, 2.05) is 48.5 Å². The smallest absolute Gasteiger partial charge is 0.120 e. The minimum atomic E-state index is -1.34. The molecule has 3 aromatic heterocycles. The monoisotopic (exact) mass is 946 g/mol. The van der Waals surface area contributed by atoms with E-state index in [1.54, 1.807) is 0 Å². The van der Waals surface area contributed by atoms with E-state index in [1.165, 1.54) is 16.1 Å². The molecule has 0 spiro atoms. The van der Waals surface area contributed by atoms with Gasteiger partial charge in [0, 0.05) is 42.6 Å². The van der Waals surface area contributed by atoms with Gasteiger partial charge in [-0.15, -0.1) is 54.1 Å². The Morgan fingerprint density at radius 3 is 2.17 bits per heavy atom. The van der Waals surface area contributed by atoms with Gasteiger partial charge in [0.25, 0.3) is 0 Å². The molecule has 10 rings (SSSR count). The van der Waals surface area contributed by atoms with Crippen LogP contribution in [-0.4, -0.2) is 22.6 Å². The number of fused-ring (bicyclic) bond motifs is 5. The number of rotatable bonds is 6. The van der Waals surface area contributed by atoms with Gasteiger partial charge in [-0.2, -0.15) is 0 Å². The zero-order valence-corrected chi connectivity index (χ0v) is 36.6.